The lowest BCUT2D eigenvalue weighted by atomic mass is 10.2. The van der Waals surface area contributed by atoms with Crippen LogP contribution in [0.2, 0.25) is 0 Å². The molecule has 2 N–H and O–H groups in total. The Bertz CT molecular complexity index is 399. The molecule has 0 radical (unpaired) electrons. The highest BCUT2D eigenvalue weighted by atomic mass is 79.9. The summed E-state index contributed by atoms with van der Waals surface area (Å²) in [6, 6.07) is 3.97. The topological polar surface area (TPSA) is 50.7 Å². The first-order valence-electron chi connectivity index (χ1n) is 7.12. The summed E-state index contributed by atoms with van der Waals surface area (Å²) in [5, 5.41) is 12.1. The van der Waals surface area contributed by atoms with Gasteiger partial charge in [0.1, 0.15) is 0 Å². The van der Waals surface area contributed by atoms with Crippen LogP contribution in [0.5, 0.6) is 11.5 Å². The van der Waals surface area contributed by atoms with Gasteiger partial charge in [-0.15, -0.1) is 0 Å². The van der Waals surface area contributed by atoms with E-state index in [2.05, 4.69) is 21.2 Å². The van der Waals surface area contributed by atoms with Crippen molar-refractivity contribution < 1.29 is 14.6 Å². The van der Waals surface area contributed by atoms with Crippen LogP contribution in [0.4, 0.5) is 0 Å². The van der Waals surface area contributed by atoms with Gasteiger partial charge in [-0.25, -0.2) is 0 Å². The van der Waals surface area contributed by atoms with Gasteiger partial charge in [0.2, 0.25) is 0 Å². The van der Waals surface area contributed by atoms with E-state index in [1.807, 2.05) is 26.0 Å². The number of aliphatic hydroxyl groups is 1. The molecule has 0 amide bonds. The maximum absolute atomic E-state index is 8.74. The number of rotatable bonds is 10. The van der Waals surface area contributed by atoms with Gasteiger partial charge >= 0.3 is 0 Å². The Labute approximate surface area is 129 Å². The van der Waals surface area contributed by atoms with Crippen molar-refractivity contribution in [2.45, 2.75) is 33.2 Å². The summed E-state index contributed by atoms with van der Waals surface area (Å²) in [6.45, 7) is 7.06. The van der Waals surface area contributed by atoms with Crippen molar-refractivity contribution in [3.63, 3.8) is 0 Å². The Balaban J connectivity index is 2.67. The first kappa shape index (κ1) is 17.3. The summed E-state index contributed by atoms with van der Waals surface area (Å²) < 4.78 is 12.2. The lowest BCUT2D eigenvalue weighted by Gasteiger charge is -2.14. The summed E-state index contributed by atoms with van der Waals surface area (Å²) in [5.74, 6) is 1.55. The van der Waals surface area contributed by atoms with Crippen LogP contribution in [0.25, 0.3) is 0 Å². The minimum absolute atomic E-state index is 0.253. The van der Waals surface area contributed by atoms with Crippen LogP contribution in [-0.4, -0.2) is 31.5 Å². The zero-order valence-corrected chi connectivity index (χ0v) is 13.8. The quantitative estimate of drug-likeness (QED) is 0.639. The number of benzene rings is 1. The van der Waals surface area contributed by atoms with Gasteiger partial charge < -0.3 is 19.9 Å². The highest BCUT2D eigenvalue weighted by molar-refractivity contribution is 9.10. The van der Waals surface area contributed by atoms with Gasteiger partial charge in [-0.3, -0.25) is 0 Å². The first-order valence-corrected chi connectivity index (χ1v) is 7.91. The van der Waals surface area contributed by atoms with Gasteiger partial charge in [0, 0.05) is 17.6 Å². The van der Waals surface area contributed by atoms with E-state index in [4.69, 9.17) is 14.6 Å². The van der Waals surface area contributed by atoms with E-state index in [1.54, 1.807) is 0 Å². The van der Waals surface area contributed by atoms with Crippen molar-refractivity contribution in [2.24, 2.45) is 0 Å². The predicted molar refractivity (Wildman–Crippen MR) is 84.5 cm³/mol. The molecule has 1 aromatic rings. The Morgan fingerprint density at radius 1 is 1.10 bits per heavy atom. The minimum atomic E-state index is 0.253. The third-order valence-corrected chi connectivity index (χ3v) is 3.53. The Morgan fingerprint density at radius 2 is 1.75 bits per heavy atom. The van der Waals surface area contributed by atoms with Gasteiger partial charge in [0.05, 0.1) is 13.2 Å². The Hall–Kier alpha value is -0.780. The average molecular weight is 346 g/mol. The summed E-state index contributed by atoms with van der Waals surface area (Å²) in [4.78, 5) is 0. The molecule has 0 unspecified atom stereocenters. The lowest BCUT2D eigenvalue weighted by molar-refractivity contribution is 0.283. The fraction of sp³-hybridized carbons (Fsp3) is 0.600. The molecular weight excluding hydrogens is 322 g/mol. The zero-order chi connectivity index (χ0) is 14.8. The van der Waals surface area contributed by atoms with Crippen molar-refractivity contribution in [2.75, 3.05) is 26.4 Å². The summed E-state index contributed by atoms with van der Waals surface area (Å²) in [7, 11) is 0. The molecule has 0 aliphatic heterocycles. The molecule has 0 heterocycles. The van der Waals surface area contributed by atoms with Crippen molar-refractivity contribution >= 4 is 15.9 Å². The van der Waals surface area contributed by atoms with E-state index in [0.717, 1.165) is 47.5 Å². The van der Waals surface area contributed by atoms with Gasteiger partial charge in [0.15, 0.2) is 11.5 Å². The molecule has 0 spiro atoms. The number of nitrogens with one attached hydrogen (secondary N) is 1. The highest BCUT2D eigenvalue weighted by Gasteiger charge is 2.10. The van der Waals surface area contributed by atoms with Crippen molar-refractivity contribution in [1.82, 2.24) is 5.32 Å². The third-order valence-electron chi connectivity index (χ3n) is 2.79. The molecule has 1 rings (SSSR count). The molecule has 4 nitrogen and oxygen atoms in total. The smallest absolute Gasteiger partial charge is 0.162 e. The molecule has 0 bridgehead atoms. The number of ether oxygens (including phenoxy) is 2. The summed E-state index contributed by atoms with van der Waals surface area (Å²) >= 11 is 3.57. The fourth-order valence-corrected chi connectivity index (χ4v) is 2.30. The van der Waals surface area contributed by atoms with Gasteiger partial charge in [-0.05, 0) is 50.9 Å². The molecule has 0 saturated carbocycles. The molecule has 0 atom stereocenters. The molecule has 114 valence electrons. The molecule has 0 aliphatic rings. The monoisotopic (exact) mass is 345 g/mol. The molecule has 1 aromatic carbocycles. The van der Waals surface area contributed by atoms with Gasteiger partial charge in [-0.2, -0.15) is 0 Å². The second kappa shape index (κ2) is 10.0. The molecule has 5 heteroatoms. The maximum Gasteiger partial charge on any atom is 0.162 e. The van der Waals surface area contributed by atoms with Gasteiger partial charge in [0.25, 0.3) is 0 Å². The normalized spacial score (nSPS) is 10.6. The second-order valence-corrected chi connectivity index (χ2v) is 5.22. The summed E-state index contributed by atoms with van der Waals surface area (Å²) in [5.41, 5.74) is 1.14. The SMILES string of the molecule is CCOc1cc(Br)c(CNCCCCO)cc1OCC. The van der Waals surface area contributed by atoms with Crippen molar-refractivity contribution in [3.8, 4) is 11.5 Å². The van der Waals surface area contributed by atoms with Crippen LogP contribution in [-0.2, 0) is 6.54 Å². The zero-order valence-electron chi connectivity index (χ0n) is 12.2. The maximum atomic E-state index is 8.74. The highest BCUT2D eigenvalue weighted by Crippen LogP contribution is 2.33. The largest absolute Gasteiger partial charge is 0.490 e. The van der Waals surface area contributed by atoms with Crippen LogP contribution in [0.1, 0.15) is 32.3 Å². The predicted octanol–water partition coefficient (Wildman–Crippen LogP) is 3.11. The van der Waals surface area contributed by atoms with Crippen LogP contribution in [0, 0.1) is 0 Å². The van der Waals surface area contributed by atoms with E-state index in [-0.39, 0.29) is 6.61 Å². The van der Waals surface area contributed by atoms with E-state index < -0.39 is 0 Å². The summed E-state index contributed by atoms with van der Waals surface area (Å²) in [6.07, 6.45) is 1.81. The minimum Gasteiger partial charge on any atom is -0.490 e. The van der Waals surface area contributed by atoms with E-state index in [0.29, 0.717) is 13.2 Å². The fourth-order valence-electron chi connectivity index (χ4n) is 1.83. The third kappa shape index (κ3) is 5.69. The Morgan fingerprint density at radius 3 is 2.35 bits per heavy atom. The Kier molecular flexibility index (Phi) is 8.65. The number of aliphatic hydroxyl groups excluding tert-OH is 1. The molecular formula is C15H24BrNO3. The molecule has 0 saturated heterocycles. The van der Waals surface area contributed by atoms with Crippen LogP contribution in [0.15, 0.2) is 16.6 Å². The first-order chi connectivity index (χ1) is 9.72. The van der Waals surface area contributed by atoms with E-state index in [9.17, 15) is 0 Å². The number of hydrogen-bond donors (Lipinski definition) is 2. The van der Waals surface area contributed by atoms with Gasteiger partial charge in [-0.1, -0.05) is 15.9 Å². The van der Waals surface area contributed by atoms with Crippen LogP contribution >= 0.6 is 15.9 Å². The average Bonchev–Trinajstić information content (AvgIpc) is 2.43. The van der Waals surface area contributed by atoms with Crippen molar-refractivity contribution in [1.29, 1.82) is 0 Å². The molecule has 0 fully saturated rings. The molecule has 0 aromatic heterocycles. The van der Waals surface area contributed by atoms with Crippen LogP contribution < -0.4 is 14.8 Å². The van der Waals surface area contributed by atoms with Crippen LogP contribution in [0.3, 0.4) is 0 Å². The molecule has 0 aliphatic carbocycles. The second-order valence-electron chi connectivity index (χ2n) is 4.36. The van der Waals surface area contributed by atoms with Crippen molar-refractivity contribution in [3.05, 3.63) is 22.2 Å². The van der Waals surface area contributed by atoms with E-state index >= 15 is 0 Å². The lowest BCUT2D eigenvalue weighted by Crippen LogP contribution is -2.15. The standard InChI is InChI=1S/C15H24BrNO3/c1-3-19-14-9-12(11-17-7-5-6-8-18)13(16)10-15(14)20-4-2/h9-10,17-18H,3-8,11H2,1-2H3. The number of halogens is 1. The van der Waals surface area contributed by atoms with E-state index in [1.165, 1.54) is 0 Å². The molecule has 20 heavy (non-hydrogen) atoms. The number of unbranched alkanes of at least 4 members (excludes halogenated alkanes) is 1. The number of hydrogen-bond acceptors (Lipinski definition) is 4.